The van der Waals surface area contributed by atoms with Gasteiger partial charge in [-0.25, -0.2) is 0 Å². The number of hydrogen-bond donors (Lipinski definition) is 4. The molecule has 1 unspecified atom stereocenters. The van der Waals surface area contributed by atoms with Gasteiger partial charge in [0, 0.05) is 6.04 Å². The Balaban J connectivity index is 1.82. The van der Waals surface area contributed by atoms with Crippen LogP contribution in [0.3, 0.4) is 0 Å². The maximum atomic E-state index is 12.0. The van der Waals surface area contributed by atoms with Crippen molar-refractivity contribution >= 4 is 11.6 Å². The van der Waals surface area contributed by atoms with E-state index in [0.717, 1.165) is 36.9 Å². The fraction of sp³-hybridized carbons (Fsp3) is 0.562. The van der Waals surface area contributed by atoms with E-state index in [1.807, 2.05) is 31.2 Å². The molecule has 1 aromatic carbocycles. The van der Waals surface area contributed by atoms with Crippen molar-refractivity contribution in [1.82, 2.24) is 5.43 Å². The van der Waals surface area contributed by atoms with E-state index in [4.69, 9.17) is 5.73 Å². The Bertz CT molecular complexity index is 455. The van der Waals surface area contributed by atoms with Gasteiger partial charge >= 0.3 is 0 Å². The molecule has 0 bridgehead atoms. The van der Waals surface area contributed by atoms with Gasteiger partial charge in [-0.3, -0.25) is 15.6 Å². The van der Waals surface area contributed by atoms with Gasteiger partial charge < -0.3 is 10.8 Å². The number of nitrogens with two attached hydrogens (primary N) is 1. The molecular formula is C16H25N3O2. The summed E-state index contributed by atoms with van der Waals surface area (Å²) in [4.78, 5) is 12.0. The molecule has 1 aliphatic rings. The highest BCUT2D eigenvalue weighted by Crippen LogP contribution is 2.26. The van der Waals surface area contributed by atoms with E-state index in [0.29, 0.717) is 0 Å². The summed E-state index contributed by atoms with van der Waals surface area (Å²) in [6.07, 6.45) is 4.31. The first-order valence-corrected chi connectivity index (χ1v) is 7.64. The van der Waals surface area contributed by atoms with Crippen LogP contribution in [0.25, 0.3) is 0 Å². The van der Waals surface area contributed by atoms with E-state index < -0.39 is 18.1 Å². The van der Waals surface area contributed by atoms with Crippen LogP contribution in [0.2, 0.25) is 0 Å². The lowest BCUT2D eigenvalue weighted by molar-refractivity contribution is -0.130. The minimum absolute atomic E-state index is 0.235. The number of carbonyl (C=O) groups excluding carboxylic acids is 1. The summed E-state index contributed by atoms with van der Waals surface area (Å²) in [5.41, 5.74) is 13.3. The Morgan fingerprint density at radius 2 is 1.86 bits per heavy atom. The molecule has 5 heteroatoms. The summed E-state index contributed by atoms with van der Waals surface area (Å²) in [7, 11) is 0. The molecule has 2 atom stereocenters. The normalized spacial score (nSPS) is 18.8. The molecule has 0 heterocycles. The first-order chi connectivity index (χ1) is 10.1. The number of carbonyl (C=O) groups is 1. The molecule has 1 saturated carbocycles. The molecule has 1 aliphatic carbocycles. The minimum Gasteiger partial charge on any atom is -0.382 e. The smallest absolute Gasteiger partial charge is 0.268 e. The number of hydrazine groups is 1. The zero-order chi connectivity index (χ0) is 15.2. The van der Waals surface area contributed by atoms with Gasteiger partial charge in [0.1, 0.15) is 6.10 Å². The number of amides is 1. The van der Waals surface area contributed by atoms with Gasteiger partial charge in [0.05, 0.1) is 5.69 Å². The van der Waals surface area contributed by atoms with E-state index >= 15 is 0 Å². The van der Waals surface area contributed by atoms with Crippen LogP contribution in [0, 0.1) is 12.8 Å². The third-order valence-corrected chi connectivity index (χ3v) is 4.21. The molecular weight excluding hydrogens is 266 g/mol. The van der Waals surface area contributed by atoms with Crippen molar-refractivity contribution in [3.8, 4) is 0 Å². The average Bonchev–Trinajstić information content (AvgIpc) is 2.53. The van der Waals surface area contributed by atoms with Gasteiger partial charge in [0.15, 0.2) is 0 Å². The summed E-state index contributed by atoms with van der Waals surface area (Å²) in [6, 6.07) is 7.12. The van der Waals surface area contributed by atoms with Gasteiger partial charge in [0.25, 0.3) is 5.91 Å². The molecule has 5 N–H and O–H groups in total. The fourth-order valence-corrected chi connectivity index (χ4v) is 2.80. The lowest BCUT2D eigenvalue weighted by Gasteiger charge is -2.30. The van der Waals surface area contributed by atoms with Crippen LogP contribution in [0.15, 0.2) is 24.3 Å². The SMILES string of the molecule is Cc1ccc(NNC(=O)C(O)[C@H](N)C2CCCCC2)cc1. The van der Waals surface area contributed by atoms with Crippen LogP contribution in [0.1, 0.15) is 37.7 Å². The zero-order valence-electron chi connectivity index (χ0n) is 12.5. The summed E-state index contributed by atoms with van der Waals surface area (Å²) in [5, 5.41) is 10.1. The molecule has 21 heavy (non-hydrogen) atoms. The molecule has 116 valence electrons. The number of rotatable bonds is 5. The van der Waals surface area contributed by atoms with Crippen molar-refractivity contribution in [2.45, 2.75) is 51.2 Å². The third-order valence-electron chi connectivity index (χ3n) is 4.21. The maximum Gasteiger partial charge on any atom is 0.268 e. The monoisotopic (exact) mass is 291 g/mol. The minimum atomic E-state index is -1.17. The number of nitrogens with one attached hydrogen (secondary N) is 2. The zero-order valence-corrected chi connectivity index (χ0v) is 12.5. The fourth-order valence-electron chi connectivity index (χ4n) is 2.80. The highest BCUT2D eigenvalue weighted by atomic mass is 16.3. The van der Waals surface area contributed by atoms with Crippen LogP contribution in [-0.4, -0.2) is 23.2 Å². The number of aliphatic hydroxyl groups excluding tert-OH is 1. The number of aryl methyl sites for hydroxylation is 1. The van der Waals surface area contributed by atoms with E-state index in [1.165, 1.54) is 6.42 Å². The molecule has 0 aliphatic heterocycles. The summed E-state index contributed by atoms with van der Waals surface area (Å²) in [5.74, 6) is -0.243. The molecule has 1 fully saturated rings. The Morgan fingerprint density at radius 3 is 2.48 bits per heavy atom. The van der Waals surface area contributed by atoms with Gasteiger partial charge in [-0.1, -0.05) is 37.0 Å². The molecule has 1 amide bonds. The Morgan fingerprint density at radius 1 is 1.24 bits per heavy atom. The standard InChI is InChI=1S/C16H25N3O2/c1-11-7-9-13(10-8-11)18-19-16(21)15(20)14(17)12-5-3-2-4-6-12/h7-10,12,14-15,18,20H,2-6,17H2,1H3,(H,19,21)/t14-,15?/m1/s1. The average molecular weight is 291 g/mol. The van der Waals surface area contributed by atoms with E-state index in [2.05, 4.69) is 10.9 Å². The van der Waals surface area contributed by atoms with Crippen LogP contribution in [0.4, 0.5) is 5.69 Å². The summed E-state index contributed by atoms with van der Waals surface area (Å²) < 4.78 is 0. The Hall–Kier alpha value is -1.59. The predicted molar refractivity (Wildman–Crippen MR) is 83.5 cm³/mol. The van der Waals surface area contributed by atoms with Crippen LogP contribution < -0.4 is 16.6 Å². The number of aliphatic hydroxyl groups is 1. The lowest BCUT2D eigenvalue weighted by Crippen LogP contribution is -2.51. The first-order valence-electron chi connectivity index (χ1n) is 7.64. The largest absolute Gasteiger partial charge is 0.382 e. The number of benzene rings is 1. The van der Waals surface area contributed by atoms with Crippen LogP contribution in [-0.2, 0) is 4.79 Å². The van der Waals surface area contributed by atoms with Gasteiger partial charge in [-0.15, -0.1) is 0 Å². The highest BCUT2D eigenvalue weighted by molar-refractivity contribution is 5.82. The van der Waals surface area contributed by atoms with Crippen molar-refractivity contribution in [3.63, 3.8) is 0 Å². The molecule has 0 aromatic heterocycles. The molecule has 0 saturated heterocycles. The van der Waals surface area contributed by atoms with Crippen LogP contribution in [0.5, 0.6) is 0 Å². The molecule has 0 radical (unpaired) electrons. The third kappa shape index (κ3) is 4.44. The molecule has 1 aromatic rings. The second kappa shape index (κ2) is 7.43. The van der Waals surface area contributed by atoms with Crippen molar-refractivity contribution in [2.24, 2.45) is 11.7 Å². The summed E-state index contributed by atoms with van der Waals surface area (Å²) in [6.45, 7) is 2.00. The molecule has 5 nitrogen and oxygen atoms in total. The van der Waals surface area contributed by atoms with Crippen molar-refractivity contribution in [3.05, 3.63) is 29.8 Å². The molecule has 2 rings (SSSR count). The topological polar surface area (TPSA) is 87.4 Å². The van der Waals surface area contributed by atoms with Crippen molar-refractivity contribution in [1.29, 1.82) is 0 Å². The summed E-state index contributed by atoms with van der Waals surface area (Å²) >= 11 is 0. The maximum absolute atomic E-state index is 12.0. The Kier molecular flexibility index (Phi) is 5.59. The van der Waals surface area contributed by atoms with E-state index in [9.17, 15) is 9.90 Å². The van der Waals surface area contributed by atoms with Gasteiger partial charge in [0.2, 0.25) is 0 Å². The quantitative estimate of drug-likeness (QED) is 0.622. The predicted octanol–water partition coefficient (Wildman–Crippen LogP) is 1.71. The van der Waals surface area contributed by atoms with E-state index in [1.54, 1.807) is 0 Å². The Labute approximate surface area is 125 Å². The number of anilines is 1. The second-order valence-corrected chi connectivity index (χ2v) is 5.90. The van der Waals surface area contributed by atoms with Crippen molar-refractivity contribution in [2.75, 3.05) is 5.43 Å². The number of hydrogen-bond acceptors (Lipinski definition) is 4. The highest BCUT2D eigenvalue weighted by Gasteiger charge is 2.30. The van der Waals surface area contributed by atoms with Gasteiger partial charge in [-0.2, -0.15) is 0 Å². The molecule has 0 spiro atoms. The second-order valence-electron chi connectivity index (χ2n) is 5.90. The first kappa shape index (κ1) is 15.8. The van der Waals surface area contributed by atoms with E-state index in [-0.39, 0.29) is 5.92 Å². The van der Waals surface area contributed by atoms with Crippen LogP contribution >= 0.6 is 0 Å². The van der Waals surface area contributed by atoms with Gasteiger partial charge in [-0.05, 0) is 37.8 Å². The van der Waals surface area contributed by atoms with Crippen molar-refractivity contribution < 1.29 is 9.90 Å². The lowest BCUT2D eigenvalue weighted by atomic mass is 9.82.